The fourth-order valence-corrected chi connectivity index (χ4v) is 2.78. The van der Waals surface area contributed by atoms with Crippen LogP contribution in [-0.4, -0.2) is 57.8 Å². The van der Waals surface area contributed by atoms with Gasteiger partial charge in [-0.3, -0.25) is 14.4 Å². The maximum absolute atomic E-state index is 14.7. The largest absolute Gasteiger partial charge is 0.343 e. The van der Waals surface area contributed by atoms with Crippen LogP contribution in [0, 0.1) is 0 Å². The third-order valence-electron chi connectivity index (χ3n) is 3.70. The Morgan fingerprint density at radius 1 is 1.43 bits per heavy atom. The fourth-order valence-electron chi connectivity index (χ4n) is 2.50. The number of nitrogens with zero attached hydrogens (tertiary/aromatic N) is 4. The number of hydrogen-bond acceptors (Lipinski definition) is 3. The highest BCUT2D eigenvalue weighted by Crippen LogP contribution is 2.30. The summed E-state index contributed by atoms with van der Waals surface area (Å²) in [6.07, 6.45) is 0. The van der Waals surface area contributed by atoms with Gasteiger partial charge in [-0.1, -0.05) is 11.6 Å². The predicted molar refractivity (Wildman–Crippen MR) is 80.3 cm³/mol. The molecule has 0 N–H and O–H groups in total. The van der Waals surface area contributed by atoms with Gasteiger partial charge in [-0.05, 0) is 20.8 Å². The smallest absolute Gasteiger partial charge is 0.275 e. The lowest BCUT2D eigenvalue weighted by Gasteiger charge is -2.29. The molecule has 1 atom stereocenters. The Morgan fingerprint density at radius 3 is 2.57 bits per heavy atom. The topological polar surface area (TPSA) is 41.4 Å². The number of hydrogen-bond donors (Lipinski definition) is 0. The molecular formula is C14H22ClFN4O. The van der Waals surface area contributed by atoms with Crippen molar-refractivity contribution < 1.29 is 9.18 Å². The minimum Gasteiger partial charge on any atom is -0.343 e. The number of alkyl halides is 1. The Balaban J connectivity index is 2.47. The highest BCUT2D eigenvalue weighted by Gasteiger charge is 2.36. The second kappa shape index (κ2) is 5.57. The molecule has 0 saturated carbocycles. The molecule has 21 heavy (non-hydrogen) atoms. The Morgan fingerprint density at radius 2 is 2.05 bits per heavy atom. The monoisotopic (exact) mass is 316 g/mol. The van der Waals surface area contributed by atoms with Gasteiger partial charge in [-0.2, -0.15) is 5.10 Å². The van der Waals surface area contributed by atoms with Crippen LogP contribution in [0.25, 0.3) is 0 Å². The lowest BCUT2D eigenvalue weighted by atomic mass is 10.1. The number of amides is 1. The van der Waals surface area contributed by atoms with Gasteiger partial charge in [-0.15, -0.1) is 0 Å². The summed E-state index contributed by atoms with van der Waals surface area (Å²) in [5.74, 6) is -0.266. The van der Waals surface area contributed by atoms with Gasteiger partial charge >= 0.3 is 0 Å². The minimum atomic E-state index is -1.41. The minimum absolute atomic E-state index is 0.103. The lowest BCUT2D eigenvalue weighted by molar-refractivity contribution is 0.0793. The van der Waals surface area contributed by atoms with Crippen LogP contribution in [0.1, 0.15) is 37.0 Å². The van der Waals surface area contributed by atoms with E-state index in [0.717, 1.165) is 0 Å². The van der Waals surface area contributed by atoms with Crippen molar-refractivity contribution >= 4 is 17.5 Å². The summed E-state index contributed by atoms with van der Waals surface area (Å²) in [6.45, 7) is 6.50. The zero-order valence-electron chi connectivity index (χ0n) is 13.2. The second-order valence-corrected chi connectivity index (χ2v) is 6.76. The molecule has 0 fully saturated rings. The number of rotatable bonds is 2. The molecule has 0 bridgehead atoms. The molecular weight excluding hydrogens is 295 g/mol. The quantitative estimate of drug-likeness (QED) is 0.840. The molecule has 0 aromatic carbocycles. The van der Waals surface area contributed by atoms with Gasteiger partial charge in [0.2, 0.25) is 0 Å². The van der Waals surface area contributed by atoms with E-state index >= 15 is 0 Å². The van der Waals surface area contributed by atoms with Crippen LogP contribution in [0.4, 0.5) is 4.39 Å². The Hall–Kier alpha value is -1.14. The van der Waals surface area contributed by atoms with E-state index in [-0.39, 0.29) is 24.2 Å². The Kier molecular flexibility index (Phi) is 4.31. The molecule has 1 aliphatic heterocycles. The first-order chi connectivity index (χ1) is 9.62. The van der Waals surface area contributed by atoms with Gasteiger partial charge in [-0.25, -0.2) is 4.39 Å². The highest BCUT2D eigenvalue weighted by atomic mass is 35.5. The number of fused-ring (bicyclic) bond motifs is 1. The molecule has 0 spiro atoms. The molecule has 118 valence electrons. The average Bonchev–Trinajstić information content (AvgIpc) is 2.56. The van der Waals surface area contributed by atoms with E-state index in [1.807, 2.05) is 18.7 Å². The molecule has 2 heterocycles. The number of aromatic nitrogens is 2. The maximum Gasteiger partial charge on any atom is 0.275 e. The zero-order valence-corrected chi connectivity index (χ0v) is 13.9. The Bertz CT molecular complexity index is 553. The van der Waals surface area contributed by atoms with E-state index in [2.05, 4.69) is 5.10 Å². The van der Waals surface area contributed by atoms with Crippen molar-refractivity contribution in [3.05, 3.63) is 16.4 Å². The van der Waals surface area contributed by atoms with E-state index in [1.54, 1.807) is 25.7 Å². The molecule has 0 radical (unpaired) electrons. The summed E-state index contributed by atoms with van der Waals surface area (Å²) in [5.41, 5.74) is -0.515. The van der Waals surface area contributed by atoms with E-state index in [1.165, 1.54) is 4.90 Å². The van der Waals surface area contributed by atoms with Crippen molar-refractivity contribution in [3.8, 4) is 0 Å². The first kappa shape index (κ1) is 16.2. The van der Waals surface area contributed by atoms with E-state index in [4.69, 9.17) is 11.6 Å². The van der Waals surface area contributed by atoms with E-state index in [0.29, 0.717) is 23.8 Å². The Labute approximate surface area is 129 Å². The van der Waals surface area contributed by atoms with Gasteiger partial charge < -0.3 is 4.90 Å². The molecule has 1 aromatic rings. The van der Waals surface area contributed by atoms with Crippen LogP contribution >= 0.6 is 11.6 Å². The van der Waals surface area contributed by atoms with Crippen molar-refractivity contribution in [1.82, 2.24) is 19.6 Å². The van der Waals surface area contributed by atoms with Crippen LogP contribution in [0.3, 0.4) is 0 Å². The summed E-state index contributed by atoms with van der Waals surface area (Å²) in [6, 6.07) is 0.186. The van der Waals surface area contributed by atoms with Crippen molar-refractivity contribution in [1.29, 1.82) is 0 Å². The van der Waals surface area contributed by atoms with Crippen LogP contribution in [-0.2, 0) is 13.1 Å². The summed E-state index contributed by atoms with van der Waals surface area (Å²) in [5, 5.41) is 4.58. The van der Waals surface area contributed by atoms with Crippen LogP contribution < -0.4 is 0 Å². The van der Waals surface area contributed by atoms with Crippen molar-refractivity contribution in [3.63, 3.8) is 0 Å². The van der Waals surface area contributed by atoms with Crippen molar-refractivity contribution in [2.24, 2.45) is 0 Å². The molecule has 1 amide bonds. The number of carbonyl (C=O) groups excluding carboxylic acids is 1. The van der Waals surface area contributed by atoms with Gasteiger partial charge in [0.25, 0.3) is 5.91 Å². The maximum atomic E-state index is 14.7. The third kappa shape index (κ3) is 3.21. The summed E-state index contributed by atoms with van der Waals surface area (Å²) in [4.78, 5) is 15.5. The fraction of sp³-hybridized carbons (Fsp3) is 0.714. The SMILES string of the molecule is CC(C)N1Cc2c(Cl)c(C(=O)N(C)C)nn2CC(C)(F)C1. The van der Waals surface area contributed by atoms with Crippen molar-refractivity contribution in [2.75, 3.05) is 20.6 Å². The van der Waals surface area contributed by atoms with Gasteiger partial charge in [0.15, 0.2) is 5.69 Å². The summed E-state index contributed by atoms with van der Waals surface area (Å²) >= 11 is 6.34. The molecule has 2 rings (SSSR count). The zero-order chi connectivity index (χ0) is 15.9. The molecule has 1 aliphatic rings. The van der Waals surface area contributed by atoms with Crippen LogP contribution in [0.15, 0.2) is 0 Å². The van der Waals surface area contributed by atoms with Gasteiger partial charge in [0.05, 0.1) is 17.3 Å². The first-order valence-electron chi connectivity index (χ1n) is 7.02. The number of carbonyl (C=O) groups is 1. The highest BCUT2D eigenvalue weighted by molar-refractivity contribution is 6.34. The lowest BCUT2D eigenvalue weighted by Crippen LogP contribution is -2.40. The third-order valence-corrected chi connectivity index (χ3v) is 4.09. The van der Waals surface area contributed by atoms with Gasteiger partial charge in [0.1, 0.15) is 5.67 Å². The molecule has 7 heteroatoms. The molecule has 5 nitrogen and oxygen atoms in total. The first-order valence-corrected chi connectivity index (χ1v) is 7.40. The molecule has 1 unspecified atom stereocenters. The van der Waals surface area contributed by atoms with Gasteiger partial charge in [0, 0.05) is 33.2 Å². The molecule has 1 aromatic heterocycles. The number of halogens is 2. The van der Waals surface area contributed by atoms with E-state index < -0.39 is 5.67 Å². The normalized spacial score (nSPS) is 23.0. The van der Waals surface area contributed by atoms with Crippen molar-refractivity contribution in [2.45, 2.75) is 45.6 Å². The average molecular weight is 317 g/mol. The molecule has 0 aliphatic carbocycles. The molecule has 0 saturated heterocycles. The van der Waals surface area contributed by atoms with Crippen LogP contribution in [0.2, 0.25) is 5.02 Å². The standard InChI is InChI=1S/C14H22ClFN4O/c1-9(2)19-6-10-11(15)12(13(21)18(4)5)17-20(10)8-14(3,16)7-19/h9H,6-8H2,1-5H3. The summed E-state index contributed by atoms with van der Waals surface area (Å²) < 4.78 is 16.2. The summed E-state index contributed by atoms with van der Waals surface area (Å²) in [7, 11) is 3.28. The van der Waals surface area contributed by atoms with Crippen LogP contribution in [0.5, 0.6) is 0 Å². The van der Waals surface area contributed by atoms with E-state index in [9.17, 15) is 9.18 Å². The predicted octanol–water partition coefficient (Wildman–Crippen LogP) is 2.19. The second-order valence-electron chi connectivity index (χ2n) is 6.38.